The molecule has 0 spiro atoms. The molecule has 3 aliphatic rings. The van der Waals surface area contributed by atoms with Crippen LogP contribution in [0.2, 0.25) is 0 Å². The van der Waals surface area contributed by atoms with E-state index in [0.29, 0.717) is 19.8 Å². The second-order valence-corrected chi connectivity index (χ2v) is 8.18. The summed E-state index contributed by atoms with van der Waals surface area (Å²) in [5, 5.41) is 0. The molecule has 0 saturated carbocycles. The Morgan fingerprint density at radius 2 is 1.61 bits per heavy atom. The Bertz CT molecular complexity index is 738. The minimum Gasteiger partial charge on any atom is -0.286 e. The minimum absolute atomic E-state index is 0.225. The third kappa shape index (κ3) is 3.00. The van der Waals surface area contributed by atoms with Crippen molar-refractivity contribution in [1.82, 2.24) is 0 Å². The lowest BCUT2D eigenvalue weighted by atomic mass is 9.83. The lowest BCUT2D eigenvalue weighted by Crippen LogP contribution is -2.46. The van der Waals surface area contributed by atoms with E-state index >= 15 is 0 Å². The molecular weight excluding hydrogens is 311 g/mol. The summed E-state index contributed by atoms with van der Waals surface area (Å²) in [6.45, 7) is 3.40. The highest BCUT2D eigenvalue weighted by Crippen LogP contribution is 2.60. The zero-order valence-electron chi connectivity index (χ0n) is 13.0. The highest BCUT2D eigenvalue weighted by atomic mass is 31.2. The molecule has 4 nitrogen and oxygen atoms in total. The van der Waals surface area contributed by atoms with Gasteiger partial charge >= 0.3 is 7.82 Å². The Hall–Kier alpha value is -1.45. The summed E-state index contributed by atoms with van der Waals surface area (Å²) in [4.78, 5) is 0. The van der Waals surface area contributed by atoms with Crippen LogP contribution in [0.25, 0.3) is 11.1 Å². The SMILES string of the molecule is Cc1cccc(-c2ccc(CC34COP(=O)(OC3)OC4)cc2)c1. The van der Waals surface area contributed by atoms with Crippen LogP contribution in [0.5, 0.6) is 0 Å². The molecule has 2 aromatic carbocycles. The van der Waals surface area contributed by atoms with Crippen LogP contribution in [0.4, 0.5) is 0 Å². The summed E-state index contributed by atoms with van der Waals surface area (Å²) >= 11 is 0. The molecule has 23 heavy (non-hydrogen) atoms. The summed E-state index contributed by atoms with van der Waals surface area (Å²) in [5.41, 5.74) is 4.66. The van der Waals surface area contributed by atoms with Gasteiger partial charge in [0.1, 0.15) is 0 Å². The average Bonchev–Trinajstić information content (AvgIpc) is 2.57. The minimum atomic E-state index is -3.23. The van der Waals surface area contributed by atoms with E-state index in [1.54, 1.807) is 0 Å². The van der Waals surface area contributed by atoms with Gasteiger partial charge in [-0.05, 0) is 30.0 Å². The number of phosphoric acid groups is 1. The fourth-order valence-electron chi connectivity index (χ4n) is 3.11. The topological polar surface area (TPSA) is 44.8 Å². The second kappa shape index (κ2) is 5.57. The van der Waals surface area contributed by atoms with Gasteiger partial charge in [-0.2, -0.15) is 0 Å². The average molecular weight is 330 g/mol. The van der Waals surface area contributed by atoms with Crippen molar-refractivity contribution in [2.75, 3.05) is 19.8 Å². The smallest absolute Gasteiger partial charge is 0.286 e. The van der Waals surface area contributed by atoms with E-state index in [1.165, 1.54) is 22.3 Å². The molecular formula is C18H19O4P. The van der Waals surface area contributed by atoms with Crippen LogP contribution < -0.4 is 0 Å². The van der Waals surface area contributed by atoms with Gasteiger partial charge < -0.3 is 0 Å². The molecule has 0 aromatic heterocycles. The van der Waals surface area contributed by atoms with Crippen molar-refractivity contribution < 1.29 is 18.1 Å². The molecule has 0 N–H and O–H groups in total. The first-order valence-electron chi connectivity index (χ1n) is 7.76. The molecule has 5 rings (SSSR count). The third-order valence-corrected chi connectivity index (χ3v) is 5.81. The lowest BCUT2D eigenvalue weighted by Gasteiger charge is -2.44. The highest BCUT2D eigenvalue weighted by molar-refractivity contribution is 7.48. The van der Waals surface area contributed by atoms with E-state index in [2.05, 4.69) is 55.5 Å². The van der Waals surface area contributed by atoms with E-state index in [9.17, 15) is 4.57 Å². The quantitative estimate of drug-likeness (QED) is 0.784. The fraction of sp³-hybridized carbons (Fsp3) is 0.333. The maximum Gasteiger partial charge on any atom is 0.474 e. The van der Waals surface area contributed by atoms with E-state index < -0.39 is 7.82 Å². The highest BCUT2D eigenvalue weighted by Gasteiger charge is 2.50. The van der Waals surface area contributed by atoms with Gasteiger partial charge in [0.05, 0.1) is 19.8 Å². The van der Waals surface area contributed by atoms with Crippen molar-refractivity contribution in [2.45, 2.75) is 13.3 Å². The van der Waals surface area contributed by atoms with Crippen molar-refractivity contribution in [3.8, 4) is 11.1 Å². The van der Waals surface area contributed by atoms with Crippen LogP contribution in [0.1, 0.15) is 11.1 Å². The van der Waals surface area contributed by atoms with Gasteiger partial charge in [-0.3, -0.25) is 13.6 Å². The molecule has 2 bridgehead atoms. The first kappa shape index (κ1) is 15.1. The molecule has 120 valence electrons. The van der Waals surface area contributed by atoms with Crippen LogP contribution in [0.3, 0.4) is 0 Å². The number of benzene rings is 2. The second-order valence-electron chi connectivity index (χ2n) is 6.51. The van der Waals surface area contributed by atoms with E-state index in [-0.39, 0.29) is 5.41 Å². The number of hydrogen-bond acceptors (Lipinski definition) is 4. The molecule has 3 heterocycles. The maximum absolute atomic E-state index is 11.8. The van der Waals surface area contributed by atoms with Crippen LogP contribution in [0, 0.1) is 12.3 Å². The molecule has 0 amide bonds. The van der Waals surface area contributed by atoms with Gasteiger partial charge in [-0.25, -0.2) is 4.57 Å². The summed E-state index contributed by atoms with van der Waals surface area (Å²) in [7, 11) is -3.23. The lowest BCUT2D eigenvalue weighted by molar-refractivity contribution is -0.0933. The van der Waals surface area contributed by atoms with Crippen molar-refractivity contribution in [1.29, 1.82) is 0 Å². The summed E-state index contributed by atoms with van der Waals surface area (Å²) in [5.74, 6) is 0. The van der Waals surface area contributed by atoms with Crippen molar-refractivity contribution in [3.05, 3.63) is 59.7 Å². The summed E-state index contributed by atoms with van der Waals surface area (Å²) in [6.07, 6.45) is 0.793. The van der Waals surface area contributed by atoms with E-state index in [0.717, 1.165) is 6.42 Å². The van der Waals surface area contributed by atoms with Gasteiger partial charge in [-0.1, -0.05) is 54.1 Å². The standard InChI is InChI=1S/C18H19O4P/c1-14-3-2-4-17(9-14)16-7-5-15(6-8-16)10-18-11-20-23(19,21-12-18)22-13-18/h2-9H,10-13H2,1H3. The molecule has 3 aliphatic heterocycles. The number of fused-ring (bicyclic) bond motifs is 3. The number of phosphoric ester groups is 1. The normalized spacial score (nSPS) is 29.6. The molecule has 0 radical (unpaired) electrons. The Morgan fingerprint density at radius 1 is 0.957 bits per heavy atom. The fourth-order valence-corrected chi connectivity index (χ4v) is 4.63. The predicted molar refractivity (Wildman–Crippen MR) is 88.2 cm³/mol. The number of rotatable bonds is 3. The van der Waals surface area contributed by atoms with Crippen molar-refractivity contribution in [2.24, 2.45) is 5.41 Å². The van der Waals surface area contributed by atoms with Gasteiger partial charge in [0.2, 0.25) is 0 Å². The zero-order chi connectivity index (χ0) is 15.9. The van der Waals surface area contributed by atoms with Crippen molar-refractivity contribution >= 4 is 7.82 Å². The first-order chi connectivity index (χ1) is 11.1. The third-order valence-electron chi connectivity index (χ3n) is 4.47. The Labute approximate surface area is 136 Å². The monoisotopic (exact) mass is 330 g/mol. The Morgan fingerprint density at radius 3 is 2.22 bits per heavy atom. The molecule has 3 saturated heterocycles. The van der Waals surface area contributed by atoms with Crippen LogP contribution in [-0.2, 0) is 24.6 Å². The van der Waals surface area contributed by atoms with E-state index in [1.807, 2.05) is 0 Å². The van der Waals surface area contributed by atoms with Gasteiger partial charge in [0, 0.05) is 5.41 Å². The molecule has 2 aromatic rings. The molecule has 0 aliphatic carbocycles. The van der Waals surface area contributed by atoms with Gasteiger partial charge in [0.15, 0.2) is 0 Å². The number of aryl methyl sites for hydroxylation is 1. The van der Waals surface area contributed by atoms with Crippen LogP contribution in [-0.4, -0.2) is 19.8 Å². The van der Waals surface area contributed by atoms with Crippen molar-refractivity contribution in [3.63, 3.8) is 0 Å². The Balaban J connectivity index is 1.52. The molecule has 0 atom stereocenters. The van der Waals surface area contributed by atoms with Gasteiger partial charge in [0.25, 0.3) is 0 Å². The van der Waals surface area contributed by atoms with Gasteiger partial charge in [-0.15, -0.1) is 0 Å². The first-order valence-corrected chi connectivity index (χ1v) is 9.22. The van der Waals surface area contributed by atoms with E-state index in [4.69, 9.17) is 13.6 Å². The zero-order valence-corrected chi connectivity index (χ0v) is 13.9. The molecule has 5 heteroatoms. The summed E-state index contributed by atoms with van der Waals surface area (Å²) < 4.78 is 27.6. The summed E-state index contributed by atoms with van der Waals surface area (Å²) in [6, 6.07) is 17.0. The Kier molecular flexibility index (Phi) is 3.66. The van der Waals surface area contributed by atoms with Crippen LogP contribution in [0.15, 0.2) is 48.5 Å². The predicted octanol–water partition coefficient (Wildman–Crippen LogP) is 4.38. The molecule has 0 unspecified atom stereocenters. The maximum atomic E-state index is 11.8. The number of hydrogen-bond donors (Lipinski definition) is 0. The largest absolute Gasteiger partial charge is 0.474 e. The van der Waals surface area contributed by atoms with Crippen LogP contribution >= 0.6 is 7.82 Å². The molecule has 3 fully saturated rings.